The third-order valence-electron chi connectivity index (χ3n) is 20.4. The van der Waals surface area contributed by atoms with E-state index in [9.17, 15) is 28.4 Å². The van der Waals surface area contributed by atoms with Crippen molar-refractivity contribution in [1.29, 1.82) is 0 Å². The standard InChI is InChI=1S/C64H84N10O10S/c1-42(2)83-58-7-5-4-6-50(58)57-40-71(45-15-25-69(26-16-45)46-17-31-81-32-18-46)29-30-72(57)48-37-64(38-48)22-27-70(28-23-64)47-8-10-51(54(35-47)73-53-19-33-82-41-59(53)84-62-56(73)34-44-14-24-65-60(44)67-62)61(75)68-85(79,80)49-9-11-52(55(36-49)74(77)78)66-39-43-12-20-63(3,76)21-13-43/h4-11,14,24,34-36,42-43,45-46,48,53,57,59,66,76H,12-13,15-23,25-33,37-41H2,1-3H3,(H,65,67)(H,68,75)/t43-,53-,57+,59-,63-/m0/s1. The number of benzene rings is 3. The summed E-state index contributed by atoms with van der Waals surface area (Å²) in [6.45, 7) is 16.0. The van der Waals surface area contributed by atoms with Gasteiger partial charge in [-0.1, -0.05) is 18.2 Å². The van der Waals surface area contributed by atoms with Gasteiger partial charge in [0, 0.05) is 106 Å². The van der Waals surface area contributed by atoms with Gasteiger partial charge >= 0.3 is 0 Å². The molecule has 5 saturated heterocycles. The lowest BCUT2D eigenvalue weighted by Crippen LogP contribution is -2.61. The molecule has 0 radical (unpaired) electrons. The lowest BCUT2D eigenvalue weighted by atomic mass is 9.59. The summed E-state index contributed by atoms with van der Waals surface area (Å²) in [6.07, 6.45) is 13.8. The van der Waals surface area contributed by atoms with Gasteiger partial charge in [-0.05, 0) is 177 Å². The van der Waals surface area contributed by atoms with Gasteiger partial charge in [0.05, 0.1) is 51.5 Å². The molecule has 1 spiro atoms. The van der Waals surface area contributed by atoms with Gasteiger partial charge in [0.1, 0.15) is 28.9 Å². The highest BCUT2D eigenvalue weighted by atomic mass is 32.2. The van der Waals surface area contributed by atoms with Crippen molar-refractivity contribution in [1.82, 2.24) is 29.4 Å². The molecule has 8 heterocycles. The highest BCUT2D eigenvalue weighted by molar-refractivity contribution is 7.90. The summed E-state index contributed by atoms with van der Waals surface area (Å²) in [6, 6.07) is 23.6. The van der Waals surface area contributed by atoms with Gasteiger partial charge < -0.3 is 49.1 Å². The van der Waals surface area contributed by atoms with Crippen LogP contribution in [0.2, 0.25) is 0 Å². The van der Waals surface area contributed by atoms with Crippen LogP contribution in [0.15, 0.2) is 83.9 Å². The first-order chi connectivity index (χ1) is 41.1. The number of hydrogen-bond donors (Lipinski definition) is 4. The van der Waals surface area contributed by atoms with Gasteiger partial charge in [0.2, 0.25) is 5.88 Å². The molecule has 5 aromatic rings. The molecule has 0 unspecified atom stereocenters. The van der Waals surface area contributed by atoms with Crippen molar-refractivity contribution >= 4 is 55.4 Å². The molecule has 2 aliphatic carbocycles. The third kappa shape index (κ3) is 12.1. The Labute approximate surface area is 499 Å². The zero-order valence-electron chi connectivity index (χ0n) is 49.5. The number of rotatable bonds is 15. The minimum Gasteiger partial charge on any atom is -0.491 e. The Morgan fingerprint density at radius 2 is 1.60 bits per heavy atom. The first-order valence-corrected chi connectivity index (χ1v) is 32.8. The summed E-state index contributed by atoms with van der Waals surface area (Å²) in [5.41, 5.74) is 3.36. The van der Waals surface area contributed by atoms with Crippen LogP contribution in [0, 0.1) is 21.4 Å². The molecule has 13 rings (SSSR count). The molecule has 2 saturated carbocycles. The Kier molecular flexibility index (Phi) is 16.3. The minimum absolute atomic E-state index is 0.0707. The highest BCUT2D eigenvalue weighted by Gasteiger charge is 2.51. The van der Waals surface area contributed by atoms with Crippen LogP contribution < -0.4 is 29.3 Å². The summed E-state index contributed by atoms with van der Waals surface area (Å²) in [5.74, 6) is 0.675. The largest absolute Gasteiger partial charge is 0.491 e. The number of likely N-dealkylation sites (tertiary alicyclic amines) is 1. The number of nitrogens with zero attached hydrogens (tertiary/aromatic N) is 7. The zero-order valence-corrected chi connectivity index (χ0v) is 50.3. The van der Waals surface area contributed by atoms with E-state index in [2.05, 4.69) is 77.6 Å². The number of nitro groups is 1. The predicted octanol–water partition coefficient (Wildman–Crippen LogP) is 9.17. The number of aromatic amines is 1. The second-order valence-electron chi connectivity index (χ2n) is 26.2. The number of fused-ring (bicyclic) bond motifs is 3. The summed E-state index contributed by atoms with van der Waals surface area (Å²) in [5, 5.41) is 26.9. The zero-order chi connectivity index (χ0) is 58.6. The number of anilines is 4. The smallest absolute Gasteiger partial charge is 0.293 e. The average Bonchev–Trinajstić information content (AvgIpc) is 4.02. The molecule has 8 aliphatic rings. The van der Waals surface area contributed by atoms with Gasteiger partial charge in [-0.2, -0.15) is 4.98 Å². The first-order valence-electron chi connectivity index (χ1n) is 31.4. The van der Waals surface area contributed by atoms with Crippen molar-refractivity contribution in [3.63, 3.8) is 0 Å². The van der Waals surface area contributed by atoms with E-state index in [0.29, 0.717) is 80.0 Å². The van der Waals surface area contributed by atoms with Gasteiger partial charge in [-0.3, -0.25) is 24.7 Å². The molecule has 3 aromatic carbocycles. The molecule has 1 amide bonds. The maximum absolute atomic E-state index is 14.9. The van der Waals surface area contributed by atoms with Crippen molar-refractivity contribution in [2.45, 2.75) is 157 Å². The number of aromatic nitrogens is 2. The van der Waals surface area contributed by atoms with E-state index in [-0.39, 0.29) is 40.8 Å². The molecule has 0 bridgehead atoms. The summed E-state index contributed by atoms with van der Waals surface area (Å²) in [7, 11) is -4.64. The lowest BCUT2D eigenvalue weighted by molar-refractivity contribution is -0.384. The van der Waals surface area contributed by atoms with Crippen LogP contribution in [-0.2, 0) is 19.5 Å². The van der Waals surface area contributed by atoms with Crippen LogP contribution in [0.4, 0.5) is 28.4 Å². The van der Waals surface area contributed by atoms with E-state index in [0.717, 1.165) is 133 Å². The van der Waals surface area contributed by atoms with Gasteiger partial charge in [0.25, 0.3) is 21.6 Å². The molecular weight excluding hydrogens is 1100 g/mol. The summed E-state index contributed by atoms with van der Waals surface area (Å²) < 4.78 is 55.7. The average molecular weight is 1190 g/mol. The predicted molar refractivity (Wildman–Crippen MR) is 326 cm³/mol. The normalized spacial score (nSPS) is 26.6. The van der Waals surface area contributed by atoms with Gasteiger partial charge in [0.15, 0.2) is 0 Å². The maximum Gasteiger partial charge on any atom is 0.293 e. The Morgan fingerprint density at radius 3 is 2.36 bits per heavy atom. The number of ether oxygens (including phenoxy) is 4. The van der Waals surface area contributed by atoms with Crippen LogP contribution in [-0.4, -0.2) is 170 Å². The van der Waals surface area contributed by atoms with Crippen LogP contribution >= 0.6 is 0 Å². The number of piperazine rings is 1. The quantitative estimate of drug-likeness (QED) is 0.0567. The summed E-state index contributed by atoms with van der Waals surface area (Å²) in [4.78, 5) is 47.3. The van der Waals surface area contributed by atoms with Crippen LogP contribution in [0.5, 0.6) is 11.6 Å². The molecule has 85 heavy (non-hydrogen) atoms. The number of amides is 1. The van der Waals surface area contributed by atoms with E-state index in [1.807, 2.05) is 37.4 Å². The van der Waals surface area contributed by atoms with Crippen molar-refractivity contribution in [2.24, 2.45) is 11.3 Å². The monoisotopic (exact) mass is 1180 g/mol. The van der Waals surface area contributed by atoms with Gasteiger partial charge in [-0.15, -0.1) is 0 Å². The Hall–Kier alpha value is -6.07. The highest BCUT2D eigenvalue weighted by Crippen LogP contribution is 2.54. The van der Waals surface area contributed by atoms with Crippen LogP contribution in [0.1, 0.15) is 126 Å². The fraction of sp³-hybridized carbons (Fsp3) is 0.594. The molecule has 3 atom stereocenters. The number of nitrogens with one attached hydrogen (secondary N) is 3. The number of carbonyl (C=O) groups excluding carboxylic acids is 1. The number of H-pyrrole nitrogens is 1. The van der Waals surface area contributed by atoms with Crippen molar-refractivity contribution < 1.29 is 42.2 Å². The van der Waals surface area contributed by atoms with E-state index < -0.39 is 43.1 Å². The molecule has 20 nitrogen and oxygen atoms in total. The number of piperidine rings is 2. The topological polar surface area (TPSA) is 220 Å². The van der Waals surface area contributed by atoms with Crippen molar-refractivity contribution in [2.75, 3.05) is 93.9 Å². The SMILES string of the molecule is CC(C)Oc1ccccc1[C@H]1CN(C2CCN(C3CCOCC3)CC2)CCN1C1CC2(CCN(c3ccc(C(=O)NS(=O)(=O)c4ccc(NC[C@H]5CC[C@](C)(O)CC5)c([N+](=O)[O-])c4)c(N4c5cc6cc[nH]c6nc5O[C@H]5COCC[C@@H]54)c3)CC2)C1. The van der Waals surface area contributed by atoms with Crippen molar-refractivity contribution in [3.05, 3.63) is 100 Å². The molecule has 21 heteroatoms. The van der Waals surface area contributed by atoms with Crippen molar-refractivity contribution in [3.8, 4) is 11.6 Å². The van der Waals surface area contributed by atoms with Crippen LogP contribution in [0.25, 0.3) is 11.0 Å². The number of nitro benzene ring substituents is 1. The van der Waals surface area contributed by atoms with E-state index in [1.165, 1.54) is 30.5 Å². The molecule has 6 aliphatic heterocycles. The number of aliphatic hydroxyl groups is 1. The lowest BCUT2D eigenvalue weighted by Gasteiger charge is -2.59. The molecule has 4 N–H and O–H groups in total. The summed E-state index contributed by atoms with van der Waals surface area (Å²) >= 11 is 0. The second-order valence-corrected chi connectivity index (χ2v) is 27.9. The van der Waals surface area contributed by atoms with Gasteiger partial charge in [-0.25, -0.2) is 13.1 Å². The van der Waals surface area contributed by atoms with E-state index in [4.69, 9.17) is 23.9 Å². The molecule has 2 aromatic heterocycles. The minimum atomic E-state index is -4.64. The molecule has 7 fully saturated rings. The molecule has 456 valence electrons. The Morgan fingerprint density at radius 1 is 0.847 bits per heavy atom. The fourth-order valence-corrected chi connectivity index (χ4v) is 16.5. The maximum atomic E-state index is 14.9. The van der Waals surface area contributed by atoms with Crippen LogP contribution in [0.3, 0.4) is 0 Å². The van der Waals surface area contributed by atoms with E-state index >= 15 is 0 Å². The number of carbonyl (C=O) groups is 1. The number of para-hydroxylation sites is 1. The first kappa shape index (κ1) is 58.0. The number of pyridine rings is 1. The Balaban J connectivity index is 0.741. The van der Waals surface area contributed by atoms with E-state index in [1.54, 1.807) is 6.07 Å². The molecular formula is C64H84N10O10S. The fourth-order valence-electron chi connectivity index (χ4n) is 15.5. The second kappa shape index (κ2) is 23.9. The third-order valence-corrected chi connectivity index (χ3v) is 21.7. The Bertz CT molecular complexity index is 3340. The number of sulfonamides is 1. The number of hydrogen-bond acceptors (Lipinski definition) is 17.